The van der Waals surface area contributed by atoms with E-state index in [0.717, 1.165) is 4.90 Å². The Balaban J connectivity index is 2.51. The number of nitrogens with zero attached hydrogens (tertiary/aromatic N) is 1. The monoisotopic (exact) mass is 230 g/mol. The highest BCUT2D eigenvalue weighted by Crippen LogP contribution is 2.40. The molecule has 82 valence electrons. The maximum absolute atomic E-state index is 12.6. The van der Waals surface area contributed by atoms with Gasteiger partial charge in [0.1, 0.15) is 0 Å². The van der Waals surface area contributed by atoms with Gasteiger partial charge < -0.3 is 5.73 Å². The summed E-state index contributed by atoms with van der Waals surface area (Å²) >= 11 is 4.52. The minimum absolute atomic E-state index is 0.0561. The molecule has 0 spiro atoms. The van der Waals surface area contributed by atoms with E-state index in [2.05, 4.69) is 12.2 Å². The summed E-state index contributed by atoms with van der Waals surface area (Å²) in [7, 11) is 0. The number of hydrogen-bond acceptors (Lipinski definition) is 2. The molecule has 1 aliphatic rings. The van der Waals surface area contributed by atoms with Crippen LogP contribution in [-0.2, 0) is 0 Å². The number of rotatable bonds is 3. The van der Waals surface area contributed by atoms with E-state index in [0.29, 0.717) is 0 Å². The molecular formula is C7H10F4N2S. The summed E-state index contributed by atoms with van der Waals surface area (Å²) in [6, 6.07) is 0. The van der Waals surface area contributed by atoms with Crippen molar-refractivity contribution in [3.8, 4) is 0 Å². The first kappa shape index (κ1) is 11.6. The van der Waals surface area contributed by atoms with Crippen LogP contribution in [0.4, 0.5) is 17.6 Å². The highest BCUT2D eigenvalue weighted by Gasteiger charge is 2.62. The lowest BCUT2D eigenvalue weighted by Gasteiger charge is -2.15. The van der Waals surface area contributed by atoms with Crippen molar-refractivity contribution in [1.82, 2.24) is 4.90 Å². The molecule has 2 nitrogen and oxygen atoms in total. The third-order valence-electron chi connectivity index (χ3n) is 2.05. The minimum Gasteiger partial charge on any atom is -0.393 e. The van der Waals surface area contributed by atoms with Gasteiger partial charge in [-0.25, -0.2) is 0 Å². The first-order valence-corrected chi connectivity index (χ1v) is 4.42. The molecule has 1 fully saturated rings. The molecule has 0 saturated carbocycles. The highest BCUT2D eigenvalue weighted by molar-refractivity contribution is 7.80. The van der Waals surface area contributed by atoms with E-state index >= 15 is 0 Å². The van der Waals surface area contributed by atoms with Crippen LogP contribution in [0.3, 0.4) is 0 Å². The van der Waals surface area contributed by atoms with E-state index in [1.165, 1.54) is 0 Å². The van der Waals surface area contributed by atoms with Gasteiger partial charge in [-0.1, -0.05) is 12.2 Å². The van der Waals surface area contributed by atoms with Crippen molar-refractivity contribution in [2.45, 2.75) is 18.3 Å². The fourth-order valence-electron chi connectivity index (χ4n) is 1.28. The zero-order valence-electron chi connectivity index (χ0n) is 7.27. The third-order valence-corrected chi connectivity index (χ3v) is 2.26. The van der Waals surface area contributed by atoms with Crippen molar-refractivity contribution in [3.63, 3.8) is 0 Å². The van der Waals surface area contributed by atoms with Gasteiger partial charge >= 0.3 is 11.8 Å². The molecule has 0 bridgehead atoms. The topological polar surface area (TPSA) is 29.3 Å². The van der Waals surface area contributed by atoms with Gasteiger partial charge in [0.15, 0.2) is 0 Å². The standard InChI is InChI=1S/C7H10F4N2S/c8-6(9)3-13(2-1-5(12)14)4-7(6,10)11/h1-4H2,(H2,12,14). The average molecular weight is 230 g/mol. The van der Waals surface area contributed by atoms with Gasteiger partial charge in [-0.3, -0.25) is 4.90 Å². The summed E-state index contributed by atoms with van der Waals surface area (Å²) in [5.74, 6) is -7.88. The lowest BCUT2D eigenvalue weighted by Crippen LogP contribution is -2.38. The zero-order chi connectivity index (χ0) is 11.0. The predicted molar refractivity (Wildman–Crippen MR) is 47.7 cm³/mol. The Hall–Kier alpha value is -0.430. The molecule has 1 heterocycles. The number of hydrogen-bond donors (Lipinski definition) is 1. The van der Waals surface area contributed by atoms with Gasteiger partial charge in [0, 0.05) is 13.0 Å². The van der Waals surface area contributed by atoms with Crippen LogP contribution >= 0.6 is 12.2 Å². The average Bonchev–Trinajstić information content (AvgIpc) is 2.17. The number of likely N-dealkylation sites (tertiary alicyclic amines) is 1. The smallest absolute Gasteiger partial charge is 0.323 e. The van der Waals surface area contributed by atoms with Crippen LogP contribution in [0.2, 0.25) is 0 Å². The fourth-order valence-corrected chi connectivity index (χ4v) is 1.37. The summed E-state index contributed by atoms with van der Waals surface area (Å²) in [5, 5.41) is 0. The predicted octanol–water partition coefficient (Wildman–Crippen LogP) is 1.25. The van der Waals surface area contributed by atoms with Crippen LogP contribution in [0.25, 0.3) is 0 Å². The number of nitrogens with two attached hydrogens (primary N) is 1. The molecule has 2 N–H and O–H groups in total. The van der Waals surface area contributed by atoms with Crippen molar-refractivity contribution in [2.24, 2.45) is 5.73 Å². The largest absolute Gasteiger partial charge is 0.393 e. The molecule has 14 heavy (non-hydrogen) atoms. The zero-order valence-corrected chi connectivity index (χ0v) is 8.09. The Kier molecular flexibility index (Phi) is 3.01. The van der Waals surface area contributed by atoms with Crippen LogP contribution in [0.15, 0.2) is 0 Å². The Morgan fingerprint density at radius 2 is 1.64 bits per heavy atom. The Bertz CT molecular complexity index is 228. The number of alkyl halides is 4. The second-order valence-electron chi connectivity index (χ2n) is 3.34. The van der Waals surface area contributed by atoms with E-state index in [1.54, 1.807) is 0 Å². The van der Waals surface area contributed by atoms with Crippen LogP contribution in [0.1, 0.15) is 6.42 Å². The molecular weight excluding hydrogens is 220 g/mol. The lowest BCUT2D eigenvalue weighted by atomic mass is 10.2. The molecule has 7 heteroatoms. The normalized spacial score (nSPS) is 25.1. The highest BCUT2D eigenvalue weighted by atomic mass is 32.1. The molecule has 1 saturated heterocycles. The van der Waals surface area contributed by atoms with E-state index in [9.17, 15) is 17.6 Å². The molecule has 1 rings (SSSR count). The second-order valence-corrected chi connectivity index (χ2v) is 3.86. The van der Waals surface area contributed by atoms with Crippen molar-refractivity contribution in [1.29, 1.82) is 0 Å². The summed E-state index contributed by atoms with van der Waals surface area (Å²) < 4.78 is 50.6. The van der Waals surface area contributed by atoms with Crippen LogP contribution < -0.4 is 5.73 Å². The Morgan fingerprint density at radius 1 is 1.21 bits per heavy atom. The van der Waals surface area contributed by atoms with Crippen LogP contribution in [0, 0.1) is 0 Å². The Labute approximate surface area is 84.0 Å². The molecule has 0 aromatic heterocycles. The van der Waals surface area contributed by atoms with Gasteiger partial charge in [-0.05, 0) is 0 Å². The molecule has 0 aliphatic carbocycles. The van der Waals surface area contributed by atoms with Gasteiger partial charge in [-0.15, -0.1) is 0 Å². The van der Waals surface area contributed by atoms with Gasteiger partial charge in [-0.2, -0.15) is 17.6 Å². The number of halogens is 4. The quantitative estimate of drug-likeness (QED) is 0.584. The maximum atomic E-state index is 12.6. The molecule has 1 aliphatic heterocycles. The van der Waals surface area contributed by atoms with Crippen molar-refractivity contribution in [3.05, 3.63) is 0 Å². The fraction of sp³-hybridized carbons (Fsp3) is 0.857. The molecule has 0 radical (unpaired) electrons. The maximum Gasteiger partial charge on any atom is 0.323 e. The van der Waals surface area contributed by atoms with Gasteiger partial charge in [0.2, 0.25) is 0 Å². The first-order chi connectivity index (χ1) is 6.24. The van der Waals surface area contributed by atoms with Crippen LogP contribution in [-0.4, -0.2) is 41.4 Å². The summed E-state index contributed by atoms with van der Waals surface area (Å²) in [5.41, 5.74) is 5.14. The molecule has 0 aromatic rings. The third kappa shape index (κ3) is 2.33. The molecule has 0 aromatic carbocycles. The van der Waals surface area contributed by atoms with Crippen molar-refractivity contribution in [2.75, 3.05) is 19.6 Å². The van der Waals surface area contributed by atoms with Crippen molar-refractivity contribution < 1.29 is 17.6 Å². The number of thiocarbonyl (C=S) groups is 1. The molecule has 0 unspecified atom stereocenters. The van der Waals surface area contributed by atoms with Crippen LogP contribution in [0.5, 0.6) is 0 Å². The van der Waals surface area contributed by atoms with E-state index in [4.69, 9.17) is 5.73 Å². The van der Waals surface area contributed by atoms with E-state index < -0.39 is 24.9 Å². The minimum atomic E-state index is -3.94. The van der Waals surface area contributed by atoms with Gasteiger partial charge in [0.25, 0.3) is 0 Å². The summed E-state index contributed by atoms with van der Waals surface area (Å²) in [6.45, 7) is -1.80. The van der Waals surface area contributed by atoms with Gasteiger partial charge in [0.05, 0.1) is 18.1 Å². The molecule has 0 amide bonds. The lowest BCUT2D eigenvalue weighted by molar-refractivity contribution is -0.172. The summed E-state index contributed by atoms with van der Waals surface area (Å²) in [6.07, 6.45) is 0.182. The second kappa shape index (κ2) is 3.62. The summed E-state index contributed by atoms with van der Waals surface area (Å²) in [4.78, 5) is 1.11. The first-order valence-electron chi connectivity index (χ1n) is 4.01. The van der Waals surface area contributed by atoms with Crippen molar-refractivity contribution >= 4 is 17.2 Å². The van der Waals surface area contributed by atoms with E-state index in [1.807, 2.05) is 0 Å². The molecule has 0 atom stereocenters. The van der Waals surface area contributed by atoms with E-state index in [-0.39, 0.29) is 18.0 Å². The Morgan fingerprint density at radius 3 is 2.00 bits per heavy atom. The SMILES string of the molecule is NC(=S)CCN1CC(F)(F)C(F)(F)C1.